The number of carbonyl (C=O) groups is 1. The van der Waals surface area contributed by atoms with Gasteiger partial charge in [0.25, 0.3) is 5.91 Å². The van der Waals surface area contributed by atoms with E-state index in [0.717, 1.165) is 21.6 Å². The quantitative estimate of drug-likeness (QED) is 0.288. The van der Waals surface area contributed by atoms with Crippen molar-refractivity contribution in [2.24, 2.45) is 0 Å². The van der Waals surface area contributed by atoms with Crippen molar-refractivity contribution >= 4 is 51.5 Å². The van der Waals surface area contributed by atoms with Crippen LogP contribution in [0.4, 0.5) is 20.2 Å². The number of aryl methyl sites for hydroxylation is 1. The molecule has 2 aromatic rings. The monoisotopic (exact) mass is 522 g/mol. The van der Waals surface area contributed by atoms with Gasteiger partial charge in [-0.05, 0) is 78.6 Å². The zero-order chi connectivity index (χ0) is 20.5. The summed E-state index contributed by atoms with van der Waals surface area (Å²) in [6, 6.07) is 6.38. The van der Waals surface area contributed by atoms with Crippen molar-refractivity contribution in [3.63, 3.8) is 0 Å². The first-order valence-corrected chi connectivity index (χ1v) is 10.0. The molecule has 0 aliphatic heterocycles. The Hall–Kier alpha value is -1.49. The summed E-state index contributed by atoms with van der Waals surface area (Å²) in [5, 5.41) is 12.2. The van der Waals surface area contributed by atoms with Crippen LogP contribution in [0.25, 0.3) is 0 Å². The molecule has 1 fully saturated rings. The summed E-state index contributed by atoms with van der Waals surface area (Å²) in [6.45, 7) is 1.71. The Balaban J connectivity index is 1.85. The lowest BCUT2D eigenvalue weighted by Crippen LogP contribution is -2.44. The van der Waals surface area contributed by atoms with Gasteiger partial charge in [-0.3, -0.25) is 9.63 Å². The van der Waals surface area contributed by atoms with E-state index < -0.39 is 28.2 Å². The molecule has 28 heavy (non-hydrogen) atoms. The van der Waals surface area contributed by atoms with E-state index in [0.29, 0.717) is 18.5 Å². The number of nitrogens with one attached hydrogen (secondary N) is 2. The molecule has 0 atom stereocenters. The highest BCUT2D eigenvalue weighted by Gasteiger charge is 2.35. The van der Waals surface area contributed by atoms with E-state index in [9.17, 15) is 18.7 Å². The zero-order valence-corrected chi connectivity index (χ0v) is 17.8. The number of halogens is 4. The number of benzene rings is 2. The number of rotatable bonds is 6. The number of hydrogen-bond donors (Lipinski definition) is 3. The molecule has 0 radical (unpaired) electrons. The van der Waals surface area contributed by atoms with Crippen molar-refractivity contribution in [2.75, 3.05) is 11.9 Å². The molecule has 1 aliphatic rings. The van der Waals surface area contributed by atoms with Crippen LogP contribution in [0.1, 0.15) is 35.2 Å². The molecule has 3 rings (SSSR count). The molecule has 150 valence electrons. The lowest BCUT2D eigenvalue weighted by molar-refractivity contribution is -0.113. The minimum atomic E-state index is -1.27. The van der Waals surface area contributed by atoms with E-state index in [1.165, 1.54) is 0 Å². The average Bonchev–Trinajstić information content (AvgIpc) is 2.62. The largest absolute Gasteiger partial charge is 0.387 e. The molecule has 0 spiro atoms. The Bertz CT molecular complexity index is 923. The summed E-state index contributed by atoms with van der Waals surface area (Å²) in [5.41, 5.74) is 1.93. The molecule has 0 aromatic heterocycles. The van der Waals surface area contributed by atoms with E-state index in [4.69, 9.17) is 16.4 Å². The number of carbonyl (C=O) groups excluding carboxylic acids is 1. The van der Waals surface area contributed by atoms with Gasteiger partial charge in [-0.1, -0.05) is 11.6 Å². The number of anilines is 2. The number of hydrogen-bond acceptors (Lipinski definition) is 4. The lowest BCUT2D eigenvalue weighted by Gasteiger charge is -2.35. The van der Waals surface area contributed by atoms with Gasteiger partial charge in [-0.15, -0.1) is 0 Å². The Morgan fingerprint density at radius 1 is 1.32 bits per heavy atom. The third-order valence-electron chi connectivity index (χ3n) is 4.65. The topological polar surface area (TPSA) is 70.6 Å². The first-order chi connectivity index (χ1) is 13.2. The second-order valence-electron chi connectivity index (χ2n) is 6.79. The fourth-order valence-electron chi connectivity index (χ4n) is 2.82. The number of aliphatic hydroxyl groups is 1. The van der Waals surface area contributed by atoms with Crippen LogP contribution < -0.4 is 10.8 Å². The van der Waals surface area contributed by atoms with Crippen LogP contribution in [-0.2, 0) is 4.84 Å². The highest BCUT2D eigenvalue weighted by atomic mass is 127. The molecule has 3 N–H and O–H groups in total. The summed E-state index contributed by atoms with van der Waals surface area (Å²) in [6.07, 6.45) is 2.05. The maximum absolute atomic E-state index is 14.6. The van der Waals surface area contributed by atoms with Crippen LogP contribution in [0, 0.1) is 22.1 Å². The normalized spacial score (nSPS) is 15.1. The third kappa shape index (κ3) is 4.56. The molecule has 9 heteroatoms. The van der Waals surface area contributed by atoms with Crippen LogP contribution in [0.5, 0.6) is 0 Å². The number of amides is 1. The van der Waals surface area contributed by atoms with Crippen LogP contribution in [0.3, 0.4) is 0 Å². The molecule has 1 aliphatic carbocycles. The van der Waals surface area contributed by atoms with E-state index >= 15 is 0 Å². The molecule has 0 bridgehead atoms. The van der Waals surface area contributed by atoms with Crippen molar-refractivity contribution in [1.29, 1.82) is 0 Å². The second-order valence-corrected chi connectivity index (χ2v) is 8.44. The van der Waals surface area contributed by atoms with Crippen molar-refractivity contribution in [1.82, 2.24) is 5.48 Å². The minimum absolute atomic E-state index is 0.0882. The van der Waals surface area contributed by atoms with Gasteiger partial charge >= 0.3 is 0 Å². The standard InChI is InChI=1S/C19H18ClF2IN2O3/c1-10-7-11(23)3-4-14(10)24-17-12(8-13(20)15(21)16(17)22)18(26)25-28-9-19(27)5-2-6-19/h3-4,7-8,24,27H,2,5-6,9H2,1H3,(H,25,26). The van der Waals surface area contributed by atoms with Gasteiger partial charge in [-0.25, -0.2) is 14.3 Å². The summed E-state index contributed by atoms with van der Waals surface area (Å²) >= 11 is 7.86. The summed E-state index contributed by atoms with van der Waals surface area (Å²) < 4.78 is 29.6. The smallest absolute Gasteiger partial charge is 0.277 e. The van der Waals surface area contributed by atoms with Gasteiger partial charge in [0, 0.05) is 9.26 Å². The predicted octanol–water partition coefficient (Wildman–Crippen LogP) is 4.85. The van der Waals surface area contributed by atoms with E-state index in [1.54, 1.807) is 19.1 Å². The van der Waals surface area contributed by atoms with E-state index in [-0.39, 0.29) is 17.9 Å². The Morgan fingerprint density at radius 3 is 2.64 bits per heavy atom. The molecular weight excluding hydrogens is 505 g/mol. The summed E-state index contributed by atoms with van der Waals surface area (Å²) in [7, 11) is 0. The zero-order valence-electron chi connectivity index (χ0n) is 14.9. The van der Waals surface area contributed by atoms with Gasteiger partial charge in [0.1, 0.15) is 6.61 Å². The second kappa shape index (κ2) is 8.48. The van der Waals surface area contributed by atoms with Crippen LogP contribution in [0.2, 0.25) is 5.02 Å². The Morgan fingerprint density at radius 2 is 2.04 bits per heavy atom. The first kappa shape index (κ1) is 21.2. The number of hydroxylamine groups is 1. The third-order valence-corrected chi connectivity index (χ3v) is 5.59. The maximum atomic E-state index is 14.6. The Kier molecular flexibility index (Phi) is 6.43. The van der Waals surface area contributed by atoms with Gasteiger partial charge in [0.2, 0.25) is 0 Å². The molecule has 0 saturated heterocycles. The van der Waals surface area contributed by atoms with Gasteiger partial charge in [0.05, 0.1) is 21.9 Å². The fourth-order valence-corrected chi connectivity index (χ4v) is 3.66. The van der Waals surface area contributed by atoms with Gasteiger partial charge in [0.15, 0.2) is 11.6 Å². The van der Waals surface area contributed by atoms with Crippen molar-refractivity contribution in [3.05, 3.63) is 55.6 Å². The molecule has 0 heterocycles. The minimum Gasteiger partial charge on any atom is -0.387 e. The van der Waals surface area contributed by atoms with Gasteiger partial charge < -0.3 is 10.4 Å². The highest BCUT2D eigenvalue weighted by Crippen LogP contribution is 2.33. The maximum Gasteiger partial charge on any atom is 0.277 e. The summed E-state index contributed by atoms with van der Waals surface area (Å²) in [4.78, 5) is 17.6. The van der Waals surface area contributed by atoms with E-state index in [2.05, 4.69) is 33.4 Å². The molecule has 1 saturated carbocycles. The van der Waals surface area contributed by atoms with Gasteiger partial charge in [-0.2, -0.15) is 0 Å². The van der Waals surface area contributed by atoms with Crippen molar-refractivity contribution < 1.29 is 23.5 Å². The van der Waals surface area contributed by atoms with Crippen molar-refractivity contribution in [2.45, 2.75) is 31.8 Å². The molecule has 2 aromatic carbocycles. The Labute approximate surface area is 179 Å². The predicted molar refractivity (Wildman–Crippen MR) is 111 cm³/mol. The molecule has 0 unspecified atom stereocenters. The van der Waals surface area contributed by atoms with Crippen molar-refractivity contribution in [3.8, 4) is 0 Å². The fraction of sp³-hybridized carbons (Fsp3) is 0.316. The van der Waals surface area contributed by atoms with E-state index in [1.807, 2.05) is 6.07 Å². The lowest BCUT2D eigenvalue weighted by atomic mass is 9.81. The molecule has 5 nitrogen and oxygen atoms in total. The molecule has 1 amide bonds. The average molecular weight is 523 g/mol. The van der Waals surface area contributed by atoms with Crippen LogP contribution >= 0.6 is 34.2 Å². The van der Waals surface area contributed by atoms with Crippen LogP contribution in [-0.4, -0.2) is 23.2 Å². The highest BCUT2D eigenvalue weighted by molar-refractivity contribution is 14.1. The molecular formula is C19H18ClF2IN2O3. The SMILES string of the molecule is Cc1cc(I)ccc1Nc1c(C(=O)NOCC2(O)CCC2)cc(Cl)c(F)c1F. The van der Waals surface area contributed by atoms with Crippen LogP contribution in [0.15, 0.2) is 24.3 Å². The summed E-state index contributed by atoms with van der Waals surface area (Å²) in [5.74, 6) is -3.34. The first-order valence-electron chi connectivity index (χ1n) is 8.55.